The molecule has 1 saturated heterocycles. The van der Waals surface area contributed by atoms with Crippen LogP contribution in [0.4, 0.5) is 0 Å². The molecule has 1 aliphatic heterocycles. The number of hydrogen-bond donors (Lipinski definition) is 1. The molecule has 8 heteroatoms. The molecule has 0 radical (unpaired) electrons. The van der Waals surface area contributed by atoms with Gasteiger partial charge < -0.3 is 9.84 Å². The summed E-state index contributed by atoms with van der Waals surface area (Å²) in [6.45, 7) is 32.5. The Hall–Kier alpha value is -2.12. The van der Waals surface area contributed by atoms with Crippen molar-refractivity contribution in [1.82, 2.24) is 0 Å². The molecule has 5 rings (SSSR count). The summed E-state index contributed by atoms with van der Waals surface area (Å²) in [7, 11) is 0. The average Bonchev–Trinajstić information content (AvgIpc) is 3.68. The van der Waals surface area contributed by atoms with E-state index in [1.807, 2.05) is 61.5 Å². The van der Waals surface area contributed by atoms with E-state index in [0.717, 1.165) is 47.1 Å². The highest BCUT2D eigenvalue weighted by molar-refractivity contribution is 6.36. The van der Waals surface area contributed by atoms with Crippen LogP contribution < -0.4 is 0 Å². The molecule has 0 unspecified atom stereocenters. The molecule has 0 aromatic carbocycles. The summed E-state index contributed by atoms with van der Waals surface area (Å²) in [6, 6.07) is 0. The molecular formula is C41H60Cl2O6. The number of halogens is 2. The van der Waals surface area contributed by atoms with E-state index in [1.54, 1.807) is 6.92 Å². The van der Waals surface area contributed by atoms with Crippen LogP contribution in [0.2, 0.25) is 0 Å². The van der Waals surface area contributed by atoms with Crippen molar-refractivity contribution in [3.63, 3.8) is 0 Å². The van der Waals surface area contributed by atoms with Crippen LogP contribution in [0.5, 0.6) is 0 Å². The molecule has 4 fully saturated rings. The molecule has 274 valence electrons. The number of Topliss-reactive ketones (excluding diaryl/α,β-unsaturated/α-hetero) is 4. The maximum Gasteiger partial charge on any atom is 0.167 e. The number of allylic oxidation sites excluding steroid dienone is 6. The van der Waals surface area contributed by atoms with E-state index in [0.29, 0.717) is 49.9 Å². The number of ketones is 4. The number of alkyl halides is 2. The van der Waals surface area contributed by atoms with E-state index >= 15 is 0 Å². The average molecular weight is 720 g/mol. The minimum atomic E-state index is -1.09. The zero-order chi connectivity index (χ0) is 37.8. The maximum absolute atomic E-state index is 11.7. The Bertz CT molecular complexity index is 1330. The van der Waals surface area contributed by atoms with Gasteiger partial charge in [0, 0.05) is 25.7 Å². The van der Waals surface area contributed by atoms with Crippen LogP contribution in [0, 0.1) is 29.6 Å². The Balaban J connectivity index is 0.000000227. The zero-order valence-electron chi connectivity index (χ0n) is 31.3. The van der Waals surface area contributed by atoms with E-state index in [1.165, 1.54) is 0 Å². The van der Waals surface area contributed by atoms with Crippen molar-refractivity contribution in [2.75, 3.05) is 0 Å². The first-order valence-electron chi connectivity index (χ1n) is 17.5. The van der Waals surface area contributed by atoms with Gasteiger partial charge in [-0.1, -0.05) is 61.6 Å². The predicted molar refractivity (Wildman–Crippen MR) is 201 cm³/mol. The summed E-state index contributed by atoms with van der Waals surface area (Å²) in [5.41, 5.74) is 4.80. The quantitative estimate of drug-likeness (QED) is 0.177. The highest BCUT2D eigenvalue weighted by Crippen LogP contribution is 2.48. The van der Waals surface area contributed by atoms with E-state index in [4.69, 9.17) is 27.9 Å². The van der Waals surface area contributed by atoms with Crippen LogP contribution >= 0.6 is 23.2 Å². The van der Waals surface area contributed by atoms with E-state index in [2.05, 4.69) is 26.3 Å². The number of hydrogen-bond acceptors (Lipinski definition) is 6. The first-order chi connectivity index (χ1) is 22.4. The van der Waals surface area contributed by atoms with Gasteiger partial charge >= 0.3 is 0 Å². The third-order valence-corrected chi connectivity index (χ3v) is 12.5. The van der Waals surface area contributed by atoms with Crippen LogP contribution in [-0.4, -0.2) is 55.8 Å². The van der Waals surface area contributed by atoms with Crippen LogP contribution in [0.25, 0.3) is 0 Å². The standard InChI is InChI=1S/C11H17ClO.C10H15ClO2.C10H14O2.C10H14O/c1-7(2)9-5-8(3)11(4,12)10(13)6-9;1-6(2)7-4-8(12)10(3,11)9(13)5-7;1-6(2)7-4-8(11)10(3)9(5-7)12-10;1-7(2)9-5-4-8(3)10(11)6-9/h8-9H,1,5-6H2,2-4H3;7-8,12H,1,4-5H2,2-3H3;7,9H,1,4-5H2,2-3H3;4,9H,1,5-6H2,2-3H3/t8-,9-,11+;7-,8-,10+;7-,9+,10-;9-/m0010/s1. The van der Waals surface area contributed by atoms with E-state index in [9.17, 15) is 24.3 Å². The number of carbonyl (C=O) groups excluding carboxylic acids is 4. The fourth-order valence-corrected chi connectivity index (χ4v) is 6.90. The molecule has 1 heterocycles. The molecule has 0 aromatic heterocycles. The lowest BCUT2D eigenvalue weighted by Gasteiger charge is -2.37. The predicted octanol–water partition coefficient (Wildman–Crippen LogP) is 9.26. The van der Waals surface area contributed by atoms with Gasteiger partial charge in [-0.2, -0.15) is 0 Å². The largest absolute Gasteiger partial charge is 0.391 e. The van der Waals surface area contributed by atoms with Gasteiger partial charge in [-0.15, -0.1) is 23.2 Å². The van der Waals surface area contributed by atoms with Gasteiger partial charge in [-0.25, -0.2) is 0 Å². The Morgan fingerprint density at radius 2 is 1.14 bits per heavy atom. The molecular weight excluding hydrogens is 659 g/mol. The van der Waals surface area contributed by atoms with Crippen LogP contribution in [0.15, 0.2) is 60.3 Å². The second-order valence-electron chi connectivity index (χ2n) is 15.8. The SMILES string of the molecule is C=C(C)[C@@H]1CC(=O)[C@@]2(C)O[C@H]2C1.C=C(C)[C@@H]1CC(=O)[C@](C)(Cl)[C@@H](C)C1.C=C(C)[C@@H]1CC(=O)[C@](C)(Cl)[C@@H](O)C1.C=C(C)[C@H]1CC=C(C)C(=O)C1. The Labute approximate surface area is 305 Å². The number of aliphatic hydroxyl groups is 1. The first kappa shape index (κ1) is 43.0. The Morgan fingerprint density at radius 1 is 0.714 bits per heavy atom. The van der Waals surface area contributed by atoms with E-state index in [-0.39, 0.29) is 41.1 Å². The number of fused-ring (bicyclic) bond motifs is 1. The highest BCUT2D eigenvalue weighted by Gasteiger charge is 2.61. The Kier molecular flexibility index (Phi) is 14.9. The molecule has 0 bridgehead atoms. The van der Waals surface area contributed by atoms with Crippen molar-refractivity contribution in [1.29, 1.82) is 0 Å². The van der Waals surface area contributed by atoms with Gasteiger partial charge in [0.25, 0.3) is 0 Å². The number of epoxide rings is 1. The molecule has 5 aliphatic rings. The second-order valence-corrected chi connectivity index (χ2v) is 17.4. The smallest absolute Gasteiger partial charge is 0.167 e. The summed E-state index contributed by atoms with van der Waals surface area (Å²) in [5.74, 6) is 2.06. The summed E-state index contributed by atoms with van der Waals surface area (Å²) in [5, 5.41) is 9.63. The first-order valence-corrected chi connectivity index (χ1v) is 18.3. The number of aliphatic hydroxyl groups excluding tert-OH is 1. The molecule has 4 aliphatic carbocycles. The number of ether oxygens (including phenoxy) is 1. The Morgan fingerprint density at radius 3 is 1.55 bits per heavy atom. The van der Waals surface area contributed by atoms with Crippen molar-refractivity contribution in [2.24, 2.45) is 29.6 Å². The number of carbonyl (C=O) groups is 4. The van der Waals surface area contributed by atoms with Gasteiger partial charge in [-0.05, 0) is 116 Å². The molecule has 0 spiro atoms. The van der Waals surface area contributed by atoms with Crippen molar-refractivity contribution in [2.45, 2.75) is 141 Å². The van der Waals surface area contributed by atoms with Crippen molar-refractivity contribution >= 4 is 46.3 Å². The summed E-state index contributed by atoms with van der Waals surface area (Å²) in [4.78, 5) is 44.1. The van der Waals surface area contributed by atoms with Gasteiger partial charge in [-0.3, -0.25) is 19.2 Å². The van der Waals surface area contributed by atoms with Gasteiger partial charge in [0.2, 0.25) is 0 Å². The lowest BCUT2D eigenvalue weighted by molar-refractivity contribution is -0.128. The fraction of sp³-hybridized carbons (Fsp3) is 0.659. The molecule has 1 N–H and O–H groups in total. The van der Waals surface area contributed by atoms with Gasteiger partial charge in [0.15, 0.2) is 23.1 Å². The summed E-state index contributed by atoms with van der Waals surface area (Å²) >= 11 is 12.1. The lowest BCUT2D eigenvalue weighted by Crippen LogP contribution is -2.47. The van der Waals surface area contributed by atoms with Crippen LogP contribution in [-0.2, 0) is 23.9 Å². The summed E-state index contributed by atoms with van der Waals surface area (Å²) in [6.07, 6.45) is 7.22. The number of rotatable bonds is 4. The maximum atomic E-state index is 11.7. The van der Waals surface area contributed by atoms with Crippen LogP contribution in [0.1, 0.15) is 114 Å². The second kappa shape index (κ2) is 16.9. The van der Waals surface area contributed by atoms with Crippen molar-refractivity contribution in [3.8, 4) is 0 Å². The minimum absolute atomic E-state index is 0.0825. The van der Waals surface area contributed by atoms with Crippen molar-refractivity contribution in [3.05, 3.63) is 60.3 Å². The molecule has 49 heavy (non-hydrogen) atoms. The molecule has 0 amide bonds. The van der Waals surface area contributed by atoms with Crippen LogP contribution in [0.3, 0.4) is 0 Å². The zero-order valence-corrected chi connectivity index (χ0v) is 32.9. The molecule has 0 aromatic rings. The monoisotopic (exact) mass is 718 g/mol. The topological polar surface area (TPSA) is 101 Å². The fourth-order valence-electron chi connectivity index (χ4n) is 6.56. The molecule has 10 atom stereocenters. The molecule has 6 nitrogen and oxygen atoms in total. The van der Waals surface area contributed by atoms with Gasteiger partial charge in [0.05, 0.1) is 12.2 Å². The highest BCUT2D eigenvalue weighted by atomic mass is 35.5. The third kappa shape index (κ3) is 10.9. The van der Waals surface area contributed by atoms with Gasteiger partial charge in [0.1, 0.15) is 15.3 Å². The lowest BCUT2D eigenvalue weighted by atomic mass is 9.72. The van der Waals surface area contributed by atoms with Crippen molar-refractivity contribution < 1.29 is 29.0 Å². The third-order valence-electron chi connectivity index (χ3n) is 11.4. The minimum Gasteiger partial charge on any atom is -0.391 e. The molecule has 3 saturated carbocycles. The normalized spacial score (nSPS) is 38.1. The van der Waals surface area contributed by atoms with E-state index < -0.39 is 21.5 Å². The summed E-state index contributed by atoms with van der Waals surface area (Å²) < 4.78 is 5.37.